The van der Waals surface area contributed by atoms with Crippen LogP contribution in [0.1, 0.15) is 26.7 Å². The number of thioether (sulfide) groups is 1. The molecular weight excluding hydrogens is 244 g/mol. The van der Waals surface area contributed by atoms with Crippen LogP contribution in [0.5, 0.6) is 0 Å². The predicted octanol–water partition coefficient (Wildman–Crippen LogP) is 1.66. The average molecular weight is 267 g/mol. The molecule has 16 heavy (non-hydrogen) atoms. The number of halogens is 1. The Morgan fingerprint density at radius 2 is 2.31 bits per heavy atom. The maximum Gasteiger partial charge on any atom is 0.224 e. The molecule has 0 aromatic rings. The number of rotatable bonds is 4. The minimum absolute atomic E-state index is 0. The lowest BCUT2D eigenvalue weighted by atomic mass is 9.91. The fourth-order valence-corrected chi connectivity index (χ4v) is 2.11. The first-order valence-corrected chi connectivity index (χ1v) is 6.97. The maximum absolute atomic E-state index is 11.9. The smallest absolute Gasteiger partial charge is 0.224 e. The first-order valence-electron chi connectivity index (χ1n) is 5.69. The molecule has 0 saturated carbocycles. The zero-order valence-corrected chi connectivity index (χ0v) is 11.9. The van der Waals surface area contributed by atoms with Crippen molar-refractivity contribution >= 4 is 30.1 Å². The van der Waals surface area contributed by atoms with Crippen LogP contribution in [0.15, 0.2) is 0 Å². The van der Waals surface area contributed by atoms with Crippen LogP contribution in [-0.2, 0) is 4.79 Å². The van der Waals surface area contributed by atoms with Gasteiger partial charge >= 0.3 is 0 Å². The summed E-state index contributed by atoms with van der Waals surface area (Å²) in [5, 5.41) is 6.88. The highest BCUT2D eigenvalue weighted by molar-refractivity contribution is 7.99. The van der Waals surface area contributed by atoms with Gasteiger partial charge in [0.15, 0.2) is 0 Å². The normalized spacial score (nSPS) is 26.7. The summed E-state index contributed by atoms with van der Waals surface area (Å²) < 4.78 is 0. The SMILES string of the molecule is CSC(C)CNC(=O)[C@@H]1CCCN[C@@H]1C.Cl. The summed E-state index contributed by atoms with van der Waals surface area (Å²) in [6.07, 6.45) is 4.20. The van der Waals surface area contributed by atoms with E-state index < -0.39 is 0 Å². The molecule has 0 aromatic carbocycles. The lowest BCUT2D eigenvalue weighted by molar-refractivity contribution is -0.126. The highest BCUT2D eigenvalue weighted by Crippen LogP contribution is 2.16. The van der Waals surface area contributed by atoms with E-state index in [1.165, 1.54) is 0 Å². The van der Waals surface area contributed by atoms with Crippen molar-refractivity contribution in [2.45, 2.75) is 38.0 Å². The topological polar surface area (TPSA) is 41.1 Å². The number of piperidine rings is 1. The van der Waals surface area contributed by atoms with Crippen molar-refractivity contribution in [1.29, 1.82) is 0 Å². The van der Waals surface area contributed by atoms with Crippen molar-refractivity contribution < 1.29 is 4.79 Å². The minimum atomic E-state index is 0. The van der Waals surface area contributed by atoms with E-state index in [1.54, 1.807) is 11.8 Å². The van der Waals surface area contributed by atoms with Gasteiger partial charge in [-0.1, -0.05) is 6.92 Å². The first-order chi connectivity index (χ1) is 7.15. The van der Waals surface area contributed by atoms with Crippen molar-refractivity contribution in [2.75, 3.05) is 19.3 Å². The molecule has 1 saturated heterocycles. The van der Waals surface area contributed by atoms with E-state index in [0.717, 1.165) is 25.9 Å². The second-order valence-corrected chi connectivity index (χ2v) is 5.56. The van der Waals surface area contributed by atoms with Crippen molar-refractivity contribution in [3.63, 3.8) is 0 Å². The van der Waals surface area contributed by atoms with E-state index in [1.807, 2.05) is 0 Å². The van der Waals surface area contributed by atoms with Crippen LogP contribution in [0.25, 0.3) is 0 Å². The van der Waals surface area contributed by atoms with E-state index in [-0.39, 0.29) is 24.2 Å². The molecule has 1 amide bonds. The Bertz CT molecular complexity index is 216. The van der Waals surface area contributed by atoms with Gasteiger partial charge in [0.2, 0.25) is 5.91 Å². The van der Waals surface area contributed by atoms with E-state index in [0.29, 0.717) is 11.3 Å². The molecule has 0 aromatic heterocycles. The van der Waals surface area contributed by atoms with Crippen LogP contribution in [0.4, 0.5) is 0 Å². The summed E-state index contributed by atoms with van der Waals surface area (Å²) in [4.78, 5) is 11.9. The number of nitrogens with one attached hydrogen (secondary N) is 2. The summed E-state index contributed by atoms with van der Waals surface area (Å²) in [5.41, 5.74) is 0. The summed E-state index contributed by atoms with van der Waals surface area (Å²) in [7, 11) is 0. The lowest BCUT2D eigenvalue weighted by Crippen LogP contribution is -2.47. The average Bonchev–Trinajstić information content (AvgIpc) is 2.26. The van der Waals surface area contributed by atoms with Crippen LogP contribution in [-0.4, -0.2) is 36.5 Å². The Morgan fingerprint density at radius 1 is 1.62 bits per heavy atom. The van der Waals surface area contributed by atoms with Gasteiger partial charge in [-0.2, -0.15) is 11.8 Å². The number of carbonyl (C=O) groups is 1. The first kappa shape index (κ1) is 16.1. The third-order valence-corrected chi connectivity index (χ3v) is 4.04. The monoisotopic (exact) mass is 266 g/mol. The summed E-state index contributed by atoms with van der Waals surface area (Å²) >= 11 is 1.78. The van der Waals surface area contributed by atoms with E-state index in [2.05, 4.69) is 30.7 Å². The van der Waals surface area contributed by atoms with Gasteiger partial charge in [-0.05, 0) is 32.6 Å². The maximum atomic E-state index is 11.9. The van der Waals surface area contributed by atoms with Gasteiger partial charge in [0.1, 0.15) is 0 Å². The molecule has 96 valence electrons. The quantitative estimate of drug-likeness (QED) is 0.813. The predicted molar refractivity (Wildman–Crippen MR) is 73.4 cm³/mol. The molecule has 1 aliphatic rings. The van der Waals surface area contributed by atoms with Gasteiger partial charge < -0.3 is 10.6 Å². The molecule has 0 spiro atoms. The van der Waals surface area contributed by atoms with Crippen LogP contribution >= 0.6 is 24.2 Å². The van der Waals surface area contributed by atoms with Gasteiger partial charge in [-0.15, -0.1) is 12.4 Å². The number of hydrogen-bond acceptors (Lipinski definition) is 3. The largest absolute Gasteiger partial charge is 0.355 e. The van der Waals surface area contributed by atoms with Crippen LogP contribution in [0.3, 0.4) is 0 Å². The molecule has 1 aliphatic heterocycles. The number of carbonyl (C=O) groups excluding carboxylic acids is 1. The van der Waals surface area contributed by atoms with Gasteiger partial charge in [-0.25, -0.2) is 0 Å². The molecular formula is C11H23ClN2OS. The molecule has 1 unspecified atom stereocenters. The molecule has 1 heterocycles. The Morgan fingerprint density at radius 3 is 2.88 bits per heavy atom. The van der Waals surface area contributed by atoms with Gasteiger partial charge in [0.25, 0.3) is 0 Å². The van der Waals surface area contributed by atoms with Crippen molar-refractivity contribution in [3.05, 3.63) is 0 Å². The lowest BCUT2D eigenvalue weighted by Gasteiger charge is -2.29. The van der Waals surface area contributed by atoms with Crippen molar-refractivity contribution in [3.8, 4) is 0 Å². The third kappa shape index (κ3) is 4.93. The van der Waals surface area contributed by atoms with Crippen LogP contribution in [0.2, 0.25) is 0 Å². The molecule has 0 bridgehead atoms. The second-order valence-electron chi connectivity index (χ2n) is 4.28. The third-order valence-electron chi connectivity index (χ3n) is 3.06. The molecule has 1 fully saturated rings. The van der Waals surface area contributed by atoms with Gasteiger partial charge in [0, 0.05) is 17.8 Å². The second kappa shape index (κ2) is 8.20. The molecule has 0 aliphatic carbocycles. The molecule has 5 heteroatoms. The van der Waals surface area contributed by atoms with Gasteiger partial charge in [0.05, 0.1) is 5.92 Å². The van der Waals surface area contributed by atoms with Crippen LogP contribution < -0.4 is 10.6 Å². The fraction of sp³-hybridized carbons (Fsp3) is 0.909. The molecule has 3 nitrogen and oxygen atoms in total. The van der Waals surface area contributed by atoms with Crippen LogP contribution in [0, 0.1) is 5.92 Å². The summed E-state index contributed by atoms with van der Waals surface area (Å²) in [6.45, 7) is 6.06. The zero-order valence-electron chi connectivity index (χ0n) is 10.3. The van der Waals surface area contributed by atoms with E-state index in [4.69, 9.17) is 0 Å². The highest BCUT2D eigenvalue weighted by Gasteiger charge is 2.27. The standard InChI is InChI=1S/C11H22N2OS.ClH/c1-8(15-3)7-13-11(14)10-5-4-6-12-9(10)2;/h8-10,12H,4-7H2,1-3H3,(H,13,14);1H/t8?,9-,10-;/m1./s1. The molecule has 3 atom stereocenters. The van der Waals surface area contributed by atoms with Crippen molar-refractivity contribution in [2.24, 2.45) is 5.92 Å². The Kier molecular flexibility index (Phi) is 8.24. The molecule has 1 rings (SSSR count). The number of hydrogen-bond donors (Lipinski definition) is 2. The highest BCUT2D eigenvalue weighted by atomic mass is 35.5. The van der Waals surface area contributed by atoms with Gasteiger partial charge in [-0.3, -0.25) is 4.79 Å². The Hall–Kier alpha value is 0.0700. The summed E-state index contributed by atoms with van der Waals surface area (Å²) in [6, 6.07) is 0.323. The van der Waals surface area contributed by atoms with E-state index in [9.17, 15) is 4.79 Å². The zero-order chi connectivity index (χ0) is 11.3. The number of amides is 1. The fourth-order valence-electron chi connectivity index (χ4n) is 1.86. The molecule has 0 radical (unpaired) electrons. The minimum Gasteiger partial charge on any atom is -0.355 e. The molecule has 2 N–H and O–H groups in total. The summed E-state index contributed by atoms with van der Waals surface area (Å²) in [5.74, 6) is 0.378. The van der Waals surface area contributed by atoms with E-state index >= 15 is 0 Å². The Labute approximate surface area is 109 Å². The Balaban J connectivity index is 0.00000225. The van der Waals surface area contributed by atoms with Crippen molar-refractivity contribution in [1.82, 2.24) is 10.6 Å².